The maximum atomic E-state index is 12.6. The van der Waals surface area contributed by atoms with Gasteiger partial charge < -0.3 is 19.3 Å². The molecule has 0 saturated carbocycles. The smallest absolute Gasteiger partial charge is 0.254 e. The van der Waals surface area contributed by atoms with Crippen LogP contribution in [0.3, 0.4) is 0 Å². The molecule has 23 heavy (non-hydrogen) atoms. The zero-order valence-corrected chi connectivity index (χ0v) is 14.0. The molecule has 0 unspecified atom stereocenters. The minimum Gasteiger partial charge on any atom is -0.490 e. The minimum atomic E-state index is -0.0443. The van der Waals surface area contributed by atoms with Crippen LogP contribution >= 0.6 is 0 Å². The zero-order chi connectivity index (χ0) is 16.8. The quantitative estimate of drug-likeness (QED) is 0.830. The van der Waals surface area contributed by atoms with Gasteiger partial charge in [-0.05, 0) is 32.0 Å². The second kappa shape index (κ2) is 7.85. The summed E-state index contributed by atoms with van der Waals surface area (Å²) in [5.41, 5.74) is 0.577. The van der Waals surface area contributed by atoms with Crippen molar-refractivity contribution in [1.82, 2.24) is 9.80 Å². The van der Waals surface area contributed by atoms with E-state index in [9.17, 15) is 9.59 Å². The standard InChI is InChI=1S/C17H24N2O4/c1-4-22-15-7-6-14(12-16(15)23-5-2)17(21)19-10-8-18(9-11-19)13(3)20/h6-7,12H,4-5,8-11H2,1-3H3. The molecule has 1 heterocycles. The van der Waals surface area contributed by atoms with Crippen molar-refractivity contribution in [2.75, 3.05) is 39.4 Å². The van der Waals surface area contributed by atoms with E-state index >= 15 is 0 Å². The van der Waals surface area contributed by atoms with Crippen molar-refractivity contribution in [2.45, 2.75) is 20.8 Å². The molecule has 0 aromatic heterocycles. The molecule has 0 aliphatic carbocycles. The first kappa shape index (κ1) is 17.1. The van der Waals surface area contributed by atoms with Crippen LogP contribution in [0.25, 0.3) is 0 Å². The summed E-state index contributed by atoms with van der Waals surface area (Å²) >= 11 is 0. The summed E-state index contributed by atoms with van der Waals surface area (Å²) in [6.07, 6.45) is 0. The summed E-state index contributed by atoms with van der Waals surface area (Å²) in [4.78, 5) is 27.5. The van der Waals surface area contributed by atoms with Crippen molar-refractivity contribution >= 4 is 11.8 Å². The number of hydrogen-bond acceptors (Lipinski definition) is 4. The Morgan fingerprint density at radius 2 is 1.52 bits per heavy atom. The van der Waals surface area contributed by atoms with E-state index in [4.69, 9.17) is 9.47 Å². The van der Waals surface area contributed by atoms with Crippen molar-refractivity contribution in [2.24, 2.45) is 0 Å². The third-order valence-electron chi connectivity index (χ3n) is 3.80. The maximum absolute atomic E-state index is 12.6. The predicted octanol–water partition coefficient (Wildman–Crippen LogP) is 1.79. The molecule has 0 bridgehead atoms. The Bertz CT molecular complexity index is 566. The van der Waals surface area contributed by atoms with Gasteiger partial charge >= 0.3 is 0 Å². The van der Waals surface area contributed by atoms with Gasteiger partial charge in [0.2, 0.25) is 5.91 Å². The van der Waals surface area contributed by atoms with Crippen LogP contribution in [-0.2, 0) is 4.79 Å². The molecule has 0 atom stereocenters. The summed E-state index contributed by atoms with van der Waals surface area (Å²) < 4.78 is 11.1. The van der Waals surface area contributed by atoms with Crippen LogP contribution in [0, 0.1) is 0 Å². The van der Waals surface area contributed by atoms with Gasteiger partial charge in [-0.15, -0.1) is 0 Å². The highest BCUT2D eigenvalue weighted by molar-refractivity contribution is 5.95. The summed E-state index contributed by atoms with van der Waals surface area (Å²) in [6.45, 7) is 8.67. The van der Waals surface area contributed by atoms with Crippen LogP contribution in [0.5, 0.6) is 11.5 Å². The first-order valence-corrected chi connectivity index (χ1v) is 8.01. The summed E-state index contributed by atoms with van der Waals surface area (Å²) in [5, 5.41) is 0. The highest BCUT2D eigenvalue weighted by Crippen LogP contribution is 2.29. The third-order valence-corrected chi connectivity index (χ3v) is 3.80. The molecule has 1 fully saturated rings. The van der Waals surface area contributed by atoms with Crippen molar-refractivity contribution in [3.63, 3.8) is 0 Å². The molecule has 6 heteroatoms. The topological polar surface area (TPSA) is 59.1 Å². The van der Waals surface area contributed by atoms with E-state index in [1.807, 2.05) is 13.8 Å². The first-order valence-electron chi connectivity index (χ1n) is 8.01. The molecule has 1 aliphatic rings. The molecule has 2 amide bonds. The monoisotopic (exact) mass is 320 g/mol. The van der Waals surface area contributed by atoms with Gasteiger partial charge in [0, 0.05) is 38.7 Å². The highest BCUT2D eigenvalue weighted by Gasteiger charge is 2.24. The Hall–Kier alpha value is -2.24. The van der Waals surface area contributed by atoms with Crippen LogP contribution in [-0.4, -0.2) is 61.0 Å². The molecule has 1 aromatic carbocycles. The van der Waals surface area contributed by atoms with E-state index in [1.165, 1.54) is 0 Å². The van der Waals surface area contributed by atoms with Gasteiger partial charge in [-0.25, -0.2) is 0 Å². The summed E-state index contributed by atoms with van der Waals surface area (Å²) in [6, 6.07) is 5.26. The molecule has 0 spiro atoms. The molecule has 1 aliphatic heterocycles. The first-order chi connectivity index (χ1) is 11.1. The second-order valence-electron chi connectivity index (χ2n) is 5.33. The molecule has 1 aromatic rings. The minimum absolute atomic E-state index is 0.0443. The fourth-order valence-corrected chi connectivity index (χ4v) is 2.59. The number of nitrogens with zero attached hydrogens (tertiary/aromatic N) is 2. The SMILES string of the molecule is CCOc1ccc(C(=O)N2CCN(C(C)=O)CC2)cc1OCC. The number of hydrogen-bond donors (Lipinski definition) is 0. The second-order valence-corrected chi connectivity index (χ2v) is 5.33. The summed E-state index contributed by atoms with van der Waals surface area (Å²) in [5.74, 6) is 1.24. The van der Waals surface area contributed by atoms with Crippen LogP contribution < -0.4 is 9.47 Å². The maximum Gasteiger partial charge on any atom is 0.254 e. The van der Waals surface area contributed by atoms with Crippen LogP contribution in [0.15, 0.2) is 18.2 Å². The van der Waals surface area contributed by atoms with Gasteiger partial charge in [-0.2, -0.15) is 0 Å². The lowest BCUT2D eigenvalue weighted by atomic mass is 10.1. The van der Waals surface area contributed by atoms with Gasteiger partial charge in [0.15, 0.2) is 11.5 Å². The van der Waals surface area contributed by atoms with Crippen LogP contribution in [0.4, 0.5) is 0 Å². The normalized spacial score (nSPS) is 14.6. The summed E-state index contributed by atoms with van der Waals surface area (Å²) in [7, 11) is 0. The van der Waals surface area contributed by atoms with Crippen molar-refractivity contribution in [1.29, 1.82) is 0 Å². The molecule has 2 rings (SSSR count). The molecular formula is C17H24N2O4. The Kier molecular flexibility index (Phi) is 5.84. The van der Waals surface area contributed by atoms with Gasteiger partial charge in [0.25, 0.3) is 5.91 Å². The zero-order valence-electron chi connectivity index (χ0n) is 14.0. The fraction of sp³-hybridized carbons (Fsp3) is 0.529. The lowest BCUT2D eigenvalue weighted by molar-refractivity contribution is -0.130. The van der Waals surface area contributed by atoms with Crippen molar-refractivity contribution in [3.8, 4) is 11.5 Å². The number of carbonyl (C=O) groups excluding carboxylic acids is 2. The van der Waals surface area contributed by atoms with E-state index in [1.54, 1.807) is 34.9 Å². The highest BCUT2D eigenvalue weighted by atomic mass is 16.5. The lowest BCUT2D eigenvalue weighted by Gasteiger charge is -2.34. The molecule has 1 saturated heterocycles. The molecule has 126 valence electrons. The molecule has 0 N–H and O–H groups in total. The van der Waals surface area contributed by atoms with Crippen LogP contribution in [0.2, 0.25) is 0 Å². The van der Waals surface area contributed by atoms with Gasteiger partial charge in [-0.1, -0.05) is 0 Å². The van der Waals surface area contributed by atoms with Crippen molar-refractivity contribution < 1.29 is 19.1 Å². The largest absolute Gasteiger partial charge is 0.490 e. The fourth-order valence-electron chi connectivity index (χ4n) is 2.59. The Labute approximate surface area is 137 Å². The number of rotatable bonds is 5. The van der Waals surface area contributed by atoms with E-state index in [0.717, 1.165) is 0 Å². The van der Waals surface area contributed by atoms with Crippen molar-refractivity contribution in [3.05, 3.63) is 23.8 Å². The Morgan fingerprint density at radius 1 is 0.957 bits per heavy atom. The van der Waals surface area contributed by atoms with E-state index in [2.05, 4.69) is 0 Å². The lowest BCUT2D eigenvalue weighted by Crippen LogP contribution is -2.50. The number of benzene rings is 1. The number of amides is 2. The number of carbonyl (C=O) groups is 2. The van der Waals surface area contributed by atoms with E-state index < -0.39 is 0 Å². The van der Waals surface area contributed by atoms with Gasteiger partial charge in [0.1, 0.15) is 0 Å². The average molecular weight is 320 g/mol. The van der Waals surface area contributed by atoms with Crippen LogP contribution in [0.1, 0.15) is 31.1 Å². The average Bonchev–Trinajstić information content (AvgIpc) is 2.56. The van der Waals surface area contributed by atoms with E-state index in [-0.39, 0.29) is 11.8 Å². The van der Waals surface area contributed by atoms with Gasteiger partial charge in [0.05, 0.1) is 13.2 Å². The number of piperazine rings is 1. The molecular weight excluding hydrogens is 296 g/mol. The number of ether oxygens (including phenoxy) is 2. The Balaban J connectivity index is 2.10. The predicted molar refractivity (Wildman–Crippen MR) is 86.9 cm³/mol. The molecule has 0 radical (unpaired) electrons. The molecule has 6 nitrogen and oxygen atoms in total. The Morgan fingerprint density at radius 3 is 2.09 bits per heavy atom. The third kappa shape index (κ3) is 4.15. The van der Waals surface area contributed by atoms with E-state index in [0.29, 0.717) is 56.5 Å². The van der Waals surface area contributed by atoms with Gasteiger partial charge in [-0.3, -0.25) is 9.59 Å².